The maximum absolute atomic E-state index is 13.1. The number of carbonyl (C=O) groups excluding carboxylic acids is 2. The van der Waals surface area contributed by atoms with E-state index in [4.69, 9.17) is 14.2 Å². The van der Waals surface area contributed by atoms with Gasteiger partial charge in [0.1, 0.15) is 24.4 Å². The number of allylic oxidation sites excluding steroid dienone is 5. The van der Waals surface area contributed by atoms with Crippen LogP contribution in [0.3, 0.4) is 0 Å². The van der Waals surface area contributed by atoms with Crippen molar-refractivity contribution in [3.05, 3.63) is 36.5 Å². The minimum Gasteiger partial charge on any atom is -0.466 e. The van der Waals surface area contributed by atoms with Crippen LogP contribution in [0, 0.1) is 0 Å². The van der Waals surface area contributed by atoms with Gasteiger partial charge in [0.2, 0.25) is 5.91 Å². The van der Waals surface area contributed by atoms with Crippen molar-refractivity contribution in [2.24, 2.45) is 0 Å². The number of unbranched alkanes of at least 4 members (excludes halogenated alkanes) is 55. The third-order valence-electron chi connectivity index (χ3n) is 19.5. The zero-order chi connectivity index (χ0) is 67.2. The van der Waals surface area contributed by atoms with Crippen LogP contribution in [-0.4, -0.2) is 100 Å². The summed E-state index contributed by atoms with van der Waals surface area (Å²) in [7, 11) is 0. The molecule has 0 aliphatic carbocycles. The number of aliphatic hydroxyl groups is 5. The highest BCUT2D eigenvalue weighted by Crippen LogP contribution is 2.24. The number of rotatable bonds is 73. The summed E-state index contributed by atoms with van der Waals surface area (Å²) in [4.78, 5) is 25.2. The van der Waals surface area contributed by atoms with Gasteiger partial charge in [0.25, 0.3) is 0 Å². The fraction of sp³-hybridized carbons (Fsp3) is 0.902. The van der Waals surface area contributed by atoms with Gasteiger partial charge in [0.05, 0.1) is 32.0 Å². The third-order valence-corrected chi connectivity index (χ3v) is 19.5. The quantitative estimate of drug-likeness (QED) is 0.0195. The molecule has 0 saturated carbocycles. The Kier molecular flexibility index (Phi) is 68.0. The van der Waals surface area contributed by atoms with Crippen LogP contribution in [0.25, 0.3) is 0 Å². The van der Waals surface area contributed by atoms with Crippen molar-refractivity contribution in [3.63, 3.8) is 0 Å². The maximum atomic E-state index is 13.1. The van der Waals surface area contributed by atoms with Gasteiger partial charge in [-0.2, -0.15) is 0 Å². The van der Waals surface area contributed by atoms with Gasteiger partial charge >= 0.3 is 5.97 Å². The smallest absolute Gasteiger partial charge is 0.305 e. The maximum Gasteiger partial charge on any atom is 0.305 e. The van der Waals surface area contributed by atoms with Gasteiger partial charge in [0.15, 0.2) is 6.29 Å². The second-order valence-corrected chi connectivity index (χ2v) is 28.5. The van der Waals surface area contributed by atoms with Crippen LogP contribution in [0.15, 0.2) is 36.5 Å². The lowest BCUT2D eigenvalue weighted by atomic mass is 9.99. The molecule has 11 heteroatoms. The number of nitrogens with one attached hydrogen (secondary N) is 1. The molecule has 11 nitrogen and oxygen atoms in total. The van der Waals surface area contributed by atoms with Crippen molar-refractivity contribution in [1.82, 2.24) is 5.32 Å². The van der Waals surface area contributed by atoms with Crippen molar-refractivity contribution >= 4 is 11.9 Å². The number of ether oxygens (including phenoxy) is 3. The Bertz CT molecular complexity index is 1640. The number of amides is 1. The molecule has 0 bridgehead atoms. The summed E-state index contributed by atoms with van der Waals surface area (Å²) in [6, 6.07) is -0.808. The Labute approximate surface area is 574 Å². The lowest BCUT2D eigenvalue weighted by Crippen LogP contribution is -2.60. The van der Waals surface area contributed by atoms with E-state index in [-0.39, 0.29) is 18.5 Å². The van der Waals surface area contributed by atoms with E-state index < -0.39 is 49.5 Å². The zero-order valence-corrected chi connectivity index (χ0v) is 61.2. The molecule has 0 aromatic heterocycles. The van der Waals surface area contributed by atoms with Gasteiger partial charge in [-0.15, -0.1) is 0 Å². The Hall–Kier alpha value is -2.12. The highest BCUT2D eigenvalue weighted by Gasteiger charge is 2.44. The molecule has 1 amide bonds. The van der Waals surface area contributed by atoms with E-state index in [9.17, 15) is 35.1 Å². The molecule has 1 rings (SSSR count). The monoisotopic (exact) mass is 1310 g/mol. The van der Waals surface area contributed by atoms with Crippen LogP contribution in [0.5, 0.6) is 0 Å². The molecule has 1 heterocycles. The standard InChI is InChI=1S/C82H155NO10/c1-3-5-7-9-11-13-15-44-48-52-56-60-64-68-75(85)74(73-92-82-81(90)80(89)79(88)76(72-84)93-82)83-77(86)69-65-61-57-53-49-46-42-40-38-36-34-32-30-28-26-24-22-20-18-17-19-21-23-25-27-29-31-33-35-37-39-41-43-47-51-55-59-63-67-71-91-78(87)70-66-62-58-54-50-45-16-14-12-10-8-6-4-2/h17-18,21,23,64,68,74-76,79-82,84-85,88-90H,3-16,19-20,22,24-63,65-67,69-73H2,1-2H3,(H,83,86)/b18-17-,23-21-,68-64+. The molecule has 0 aromatic carbocycles. The van der Waals surface area contributed by atoms with Crippen LogP contribution >= 0.6 is 0 Å². The second kappa shape index (κ2) is 71.2. The first kappa shape index (κ1) is 88.9. The molecule has 1 saturated heterocycles. The van der Waals surface area contributed by atoms with E-state index in [1.807, 2.05) is 6.08 Å². The molecule has 0 aromatic rings. The predicted octanol–water partition coefficient (Wildman–Crippen LogP) is 22.1. The van der Waals surface area contributed by atoms with E-state index in [2.05, 4.69) is 43.5 Å². The van der Waals surface area contributed by atoms with Crippen molar-refractivity contribution in [3.8, 4) is 0 Å². The molecule has 0 spiro atoms. The van der Waals surface area contributed by atoms with E-state index >= 15 is 0 Å². The van der Waals surface area contributed by atoms with Crippen molar-refractivity contribution in [2.75, 3.05) is 19.8 Å². The summed E-state index contributed by atoms with van der Waals surface area (Å²) in [6.07, 6.45) is 83.2. The van der Waals surface area contributed by atoms with Gasteiger partial charge < -0.3 is 45.1 Å². The van der Waals surface area contributed by atoms with Crippen molar-refractivity contribution in [2.45, 2.75) is 455 Å². The number of carbonyl (C=O) groups is 2. The fourth-order valence-corrected chi connectivity index (χ4v) is 13.1. The van der Waals surface area contributed by atoms with E-state index in [1.54, 1.807) is 6.08 Å². The summed E-state index contributed by atoms with van der Waals surface area (Å²) in [5.74, 6) is -0.159. The summed E-state index contributed by atoms with van der Waals surface area (Å²) in [5.41, 5.74) is 0. The molecule has 93 heavy (non-hydrogen) atoms. The molecule has 7 unspecified atom stereocenters. The summed E-state index contributed by atoms with van der Waals surface area (Å²) in [5, 5.41) is 54.6. The van der Waals surface area contributed by atoms with Crippen LogP contribution in [-0.2, 0) is 23.8 Å². The van der Waals surface area contributed by atoms with Gasteiger partial charge in [0, 0.05) is 12.8 Å². The Morgan fingerprint density at radius 2 is 0.720 bits per heavy atom. The molecular formula is C82H155NO10. The molecule has 6 N–H and O–H groups in total. The minimum absolute atomic E-state index is 0.0168. The molecule has 1 aliphatic heterocycles. The highest BCUT2D eigenvalue weighted by atomic mass is 16.7. The molecular weight excluding hydrogens is 1160 g/mol. The van der Waals surface area contributed by atoms with Crippen LogP contribution in [0.2, 0.25) is 0 Å². The Morgan fingerprint density at radius 3 is 1.09 bits per heavy atom. The molecule has 0 radical (unpaired) electrons. The number of hydrogen-bond acceptors (Lipinski definition) is 10. The third kappa shape index (κ3) is 59.6. The first-order chi connectivity index (χ1) is 45.7. The van der Waals surface area contributed by atoms with E-state index in [0.29, 0.717) is 19.4 Å². The average molecular weight is 1320 g/mol. The normalized spacial score (nSPS) is 17.6. The summed E-state index contributed by atoms with van der Waals surface area (Å²) in [6.45, 7) is 4.40. The SMILES string of the molecule is CCCCCCCCCCCCC/C=C/C(O)C(COC1OC(CO)C(O)C(O)C1O)NC(=O)CCCCCCCCCCCCCCCCCCC/C=C\C/C=C\CCCCCCCCCCCCCCCCCOC(=O)CCCCCCCCCCCCCCC. The fourth-order valence-electron chi connectivity index (χ4n) is 13.1. The summed E-state index contributed by atoms with van der Waals surface area (Å²) < 4.78 is 16.8. The topological polar surface area (TPSA) is 175 Å². The van der Waals surface area contributed by atoms with Crippen LogP contribution in [0.4, 0.5) is 0 Å². The first-order valence-corrected chi connectivity index (χ1v) is 40.8. The lowest BCUT2D eigenvalue weighted by Gasteiger charge is -2.40. The van der Waals surface area contributed by atoms with Gasteiger partial charge in [-0.05, 0) is 64.2 Å². The molecule has 1 fully saturated rings. The first-order valence-electron chi connectivity index (χ1n) is 40.8. The molecule has 1 aliphatic rings. The predicted molar refractivity (Wildman–Crippen MR) is 394 cm³/mol. The van der Waals surface area contributed by atoms with Crippen molar-refractivity contribution in [1.29, 1.82) is 0 Å². The average Bonchev–Trinajstić information content (AvgIpc) is 1.02. The second-order valence-electron chi connectivity index (χ2n) is 28.5. The zero-order valence-electron chi connectivity index (χ0n) is 61.2. The Balaban J connectivity index is 1.90. The largest absolute Gasteiger partial charge is 0.466 e. The highest BCUT2D eigenvalue weighted by molar-refractivity contribution is 5.76. The van der Waals surface area contributed by atoms with E-state index in [0.717, 1.165) is 57.8 Å². The van der Waals surface area contributed by atoms with Crippen LogP contribution in [0.1, 0.15) is 412 Å². The Morgan fingerprint density at radius 1 is 0.398 bits per heavy atom. The molecule has 7 atom stereocenters. The van der Waals surface area contributed by atoms with Crippen molar-refractivity contribution < 1.29 is 49.3 Å². The van der Waals surface area contributed by atoms with Gasteiger partial charge in [-0.3, -0.25) is 9.59 Å². The number of hydrogen-bond donors (Lipinski definition) is 6. The van der Waals surface area contributed by atoms with Gasteiger partial charge in [-0.1, -0.05) is 371 Å². The number of esters is 1. The summed E-state index contributed by atoms with van der Waals surface area (Å²) >= 11 is 0. The lowest BCUT2D eigenvalue weighted by molar-refractivity contribution is -0.302. The molecule has 548 valence electrons. The minimum atomic E-state index is -1.57. The van der Waals surface area contributed by atoms with Crippen LogP contribution < -0.4 is 5.32 Å². The van der Waals surface area contributed by atoms with E-state index in [1.165, 1.54) is 327 Å². The van der Waals surface area contributed by atoms with Gasteiger partial charge in [-0.25, -0.2) is 0 Å². The number of aliphatic hydroxyl groups excluding tert-OH is 5.